The Morgan fingerprint density at radius 3 is 2.12 bits per heavy atom. The van der Waals surface area contributed by atoms with Crippen LogP contribution < -0.4 is 11.1 Å². The Morgan fingerprint density at radius 2 is 1.56 bits per heavy atom. The van der Waals surface area contributed by atoms with Crippen molar-refractivity contribution in [3.05, 3.63) is 76.4 Å². The minimum atomic E-state index is -4.63. The van der Waals surface area contributed by atoms with Gasteiger partial charge in [-0.15, -0.1) is 0 Å². The first-order valence-corrected chi connectivity index (χ1v) is 10.0. The maximum atomic E-state index is 12.3. The maximum absolute atomic E-state index is 12.3. The second kappa shape index (κ2) is 10.0. The summed E-state index contributed by atoms with van der Waals surface area (Å²) in [5, 5.41) is 3.10. The first kappa shape index (κ1) is 23.6. The summed E-state index contributed by atoms with van der Waals surface area (Å²) < 4.78 is 36.8. The molecule has 0 saturated carbocycles. The molecule has 0 spiro atoms. The Balaban J connectivity index is 1.88. The highest BCUT2D eigenvalue weighted by Crippen LogP contribution is 2.32. The van der Waals surface area contributed by atoms with Crippen molar-refractivity contribution in [1.29, 1.82) is 0 Å². The molecule has 1 aromatic heterocycles. The predicted octanol–water partition coefficient (Wildman–Crippen LogP) is 5.61. The first-order valence-electron chi connectivity index (χ1n) is 9.28. The van der Waals surface area contributed by atoms with Gasteiger partial charge in [0.25, 0.3) is 0 Å². The monoisotopic (exact) mass is 480 g/mol. The number of halogens is 5. The number of hydrogen-bond acceptors (Lipinski definition) is 3. The molecule has 32 heavy (non-hydrogen) atoms. The lowest BCUT2D eigenvalue weighted by atomic mass is 9.98. The van der Waals surface area contributed by atoms with E-state index in [9.17, 15) is 18.0 Å². The first-order chi connectivity index (χ1) is 15.1. The summed E-state index contributed by atoms with van der Waals surface area (Å²) in [6.07, 6.45) is -4.68. The zero-order valence-electron chi connectivity index (χ0n) is 16.5. The van der Waals surface area contributed by atoms with E-state index in [4.69, 9.17) is 28.9 Å². The lowest BCUT2D eigenvalue weighted by molar-refractivity contribution is -0.152. The molecule has 3 N–H and O–H groups in total. The molecule has 3 rings (SSSR count). The summed E-state index contributed by atoms with van der Waals surface area (Å²) in [6.45, 7) is 0.00657. The molecule has 0 bridgehead atoms. The highest BCUT2D eigenvalue weighted by molar-refractivity contribution is 6.31. The Morgan fingerprint density at radius 1 is 1.00 bits per heavy atom. The summed E-state index contributed by atoms with van der Waals surface area (Å²) in [4.78, 5) is 19.8. The minimum Gasteiger partial charge on any atom is -0.370 e. The topological polar surface area (TPSA) is 80.4 Å². The van der Waals surface area contributed by atoms with Crippen LogP contribution in [0.1, 0.15) is 12.0 Å². The number of aliphatic imine (C=N–C) groups is 1. The molecule has 0 atom stereocenters. The largest absolute Gasteiger partial charge is 0.397 e. The molecule has 0 aliphatic rings. The number of amides is 1. The molecule has 0 aliphatic carbocycles. The molecule has 0 fully saturated rings. The Hall–Kier alpha value is -3.10. The smallest absolute Gasteiger partial charge is 0.370 e. The van der Waals surface area contributed by atoms with E-state index in [0.717, 1.165) is 16.7 Å². The van der Waals surface area contributed by atoms with E-state index in [-0.39, 0.29) is 6.54 Å². The van der Waals surface area contributed by atoms with Gasteiger partial charge >= 0.3 is 6.18 Å². The van der Waals surface area contributed by atoms with E-state index in [2.05, 4.69) is 9.98 Å². The number of pyridine rings is 1. The number of carbonyl (C=O) groups excluding carboxylic acids is 1. The molecule has 3 aromatic rings. The van der Waals surface area contributed by atoms with Crippen molar-refractivity contribution in [2.75, 3.05) is 0 Å². The zero-order valence-corrected chi connectivity index (χ0v) is 18.0. The molecular formula is C22H17Cl2F3N4O. The molecule has 166 valence electrons. The third kappa shape index (κ3) is 6.70. The molecule has 1 amide bonds. The van der Waals surface area contributed by atoms with Gasteiger partial charge in [0.15, 0.2) is 5.96 Å². The quantitative estimate of drug-likeness (QED) is 0.368. The van der Waals surface area contributed by atoms with Crippen LogP contribution in [0, 0.1) is 0 Å². The van der Waals surface area contributed by atoms with Gasteiger partial charge in [0, 0.05) is 27.4 Å². The van der Waals surface area contributed by atoms with Crippen LogP contribution in [0.4, 0.5) is 13.2 Å². The Bertz CT molecular complexity index is 1130. The van der Waals surface area contributed by atoms with Crippen molar-refractivity contribution in [3.63, 3.8) is 0 Å². The average Bonchev–Trinajstić information content (AvgIpc) is 2.72. The summed E-state index contributed by atoms with van der Waals surface area (Å²) in [5.74, 6) is -1.69. The standard InChI is InChI=1S/C22H17Cl2F3N4O/c23-16-5-1-14(2-6-16)18-9-13(11-29-20(18)15-3-7-17(24)8-4-15)12-30-21(28)31-19(32)10-22(25,26)27/h1-9,11H,10,12H2,(H3,28,30,31,32). The predicted molar refractivity (Wildman–Crippen MR) is 119 cm³/mol. The van der Waals surface area contributed by atoms with Crippen molar-refractivity contribution in [2.45, 2.75) is 19.1 Å². The molecule has 5 nitrogen and oxygen atoms in total. The normalized spacial score (nSPS) is 12.0. The number of alkyl halides is 3. The molecule has 0 saturated heterocycles. The van der Waals surface area contributed by atoms with Gasteiger partial charge in [0.2, 0.25) is 5.91 Å². The molecule has 0 aliphatic heterocycles. The van der Waals surface area contributed by atoms with Gasteiger partial charge in [-0.05, 0) is 41.5 Å². The van der Waals surface area contributed by atoms with E-state index in [1.54, 1.807) is 30.5 Å². The lowest BCUT2D eigenvalue weighted by Crippen LogP contribution is -2.38. The van der Waals surface area contributed by atoms with Gasteiger partial charge in [-0.2, -0.15) is 13.2 Å². The summed E-state index contributed by atoms with van der Waals surface area (Å²) in [7, 11) is 0. The summed E-state index contributed by atoms with van der Waals surface area (Å²) >= 11 is 12.0. The fourth-order valence-electron chi connectivity index (χ4n) is 2.87. The van der Waals surface area contributed by atoms with E-state index < -0.39 is 24.5 Å². The zero-order chi connectivity index (χ0) is 23.3. The van der Waals surface area contributed by atoms with Gasteiger partial charge in [0.05, 0.1) is 12.2 Å². The van der Waals surface area contributed by atoms with Crippen molar-refractivity contribution in [3.8, 4) is 22.4 Å². The Labute approximate surface area is 192 Å². The molecule has 10 heteroatoms. The summed E-state index contributed by atoms with van der Waals surface area (Å²) in [6, 6.07) is 16.2. The number of benzene rings is 2. The van der Waals surface area contributed by atoms with Crippen LogP contribution in [0.5, 0.6) is 0 Å². The van der Waals surface area contributed by atoms with Crippen LogP contribution in [-0.4, -0.2) is 23.0 Å². The SMILES string of the molecule is NC(=NCc1cnc(-c2ccc(Cl)cc2)c(-c2ccc(Cl)cc2)c1)NC(=O)CC(F)(F)F. The highest BCUT2D eigenvalue weighted by Gasteiger charge is 2.31. The second-order valence-electron chi connectivity index (χ2n) is 6.80. The van der Waals surface area contributed by atoms with Gasteiger partial charge in [-0.25, -0.2) is 4.99 Å². The van der Waals surface area contributed by atoms with Crippen LogP contribution in [0.3, 0.4) is 0 Å². The number of nitrogens with zero attached hydrogens (tertiary/aromatic N) is 2. The number of carbonyl (C=O) groups is 1. The fourth-order valence-corrected chi connectivity index (χ4v) is 3.12. The molecule has 2 aromatic carbocycles. The maximum Gasteiger partial charge on any atom is 0.397 e. The molecule has 0 radical (unpaired) electrons. The second-order valence-corrected chi connectivity index (χ2v) is 7.67. The number of nitrogens with two attached hydrogens (primary N) is 1. The van der Waals surface area contributed by atoms with Gasteiger partial charge < -0.3 is 5.73 Å². The molecular weight excluding hydrogens is 464 g/mol. The minimum absolute atomic E-state index is 0.00657. The number of nitrogens with one attached hydrogen (secondary N) is 1. The van der Waals surface area contributed by atoms with Crippen molar-refractivity contribution in [2.24, 2.45) is 10.7 Å². The third-order valence-corrected chi connectivity index (χ3v) is 4.78. The van der Waals surface area contributed by atoms with Crippen molar-refractivity contribution >= 4 is 35.1 Å². The van der Waals surface area contributed by atoms with E-state index in [1.165, 1.54) is 0 Å². The van der Waals surface area contributed by atoms with E-state index in [0.29, 0.717) is 21.3 Å². The van der Waals surface area contributed by atoms with Crippen molar-refractivity contribution < 1.29 is 18.0 Å². The van der Waals surface area contributed by atoms with Crippen LogP contribution in [-0.2, 0) is 11.3 Å². The van der Waals surface area contributed by atoms with Gasteiger partial charge in [-0.3, -0.25) is 15.1 Å². The van der Waals surface area contributed by atoms with Gasteiger partial charge in [0.1, 0.15) is 6.42 Å². The van der Waals surface area contributed by atoms with Crippen LogP contribution in [0.2, 0.25) is 10.0 Å². The number of hydrogen-bond donors (Lipinski definition) is 2. The van der Waals surface area contributed by atoms with Crippen LogP contribution >= 0.6 is 23.2 Å². The van der Waals surface area contributed by atoms with Gasteiger partial charge in [-0.1, -0.05) is 47.5 Å². The highest BCUT2D eigenvalue weighted by atomic mass is 35.5. The molecule has 0 unspecified atom stereocenters. The Kier molecular flexibility index (Phi) is 7.37. The van der Waals surface area contributed by atoms with E-state index >= 15 is 0 Å². The van der Waals surface area contributed by atoms with Crippen LogP contribution in [0.25, 0.3) is 22.4 Å². The van der Waals surface area contributed by atoms with Crippen molar-refractivity contribution in [1.82, 2.24) is 10.3 Å². The van der Waals surface area contributed by atoms with Crippen LogP contribution in [0.15, 0.2) is 65.8 Å². The molecule has 1 heterocycles. The number of rotatable bonds is 5. The van der Waals surface area contributed by atoms with E-state index in [1.807, 2.05) is 35.6 Å². The average molecular weight is 481 g/mol. The number of aromatic nitrogens is 1. The fraction of sp³-hybridized carbons (Fsp3) is 0.136. The number of guanidine groups is 1. The lowest BCUT2D eigenvalue weighted by Gasteiger charge is -2.12. The third-order valence-electron chi connectivity index (χ3n) is 4.28. The summed E-state index contributed by atoms with van der Waals surface area (Å²) in [5.41, 5.74) is 9.36.